The molecule has 1 fully saturated rings. The van der Waals surface area contributed by atoms with Crippen molar-refractivity contribution in [2.24, 2.45) is 0 Å². The molecule has 25 heavy (non-hydrogen) atoms. The van der Waals surface area contributed by atoms with Crippen molar-refractivity contribution >= 4 is 5.97 Å². The maximum Gasteiger partial charge on any atom is 0.325 e. The molecule has 0 unspecified atom stereocenters. The predicted octanol–water partition coefficient (Wildman–Crippen LogP) is 0.672. The van der Waals surface area contributed by atoms with Crippen LogP contribution >= 0.6 is 0 Å². The monoisotopic (exact) mass is 339 g/mol. The number of aromatic nitrogens is 7. The molecular weight excluding hydrogens is 322 g/mol. The third-order valence-electron chi connectivity index (χ3n) is 4.49. The van der Waals surface area contributed by atoms with Crippen LogP contribution in [0.2, 0.25) is 0 Å². The Morgan fingerprint density at radius 3 is 2.68 bits per heavy atom. The Labute approximate surface area is 143 Å². The van der Waals surface area contributed by atoms with E-state index in [2.05, 4.69) is 37.7 Å². The van der Waals surface area contributed by atoms with Gasteiger partial charge in [0.15, 0.2) is 5.82 Å². The molecule has 4 rings (SSSR count). The summed E-state index contributed by atoms with van der Waals surface area (Å²) in [4.78, 5) is 15.9. The highest BCUT2D eigenvalue weighted by Crippen LogP contribution is 2.52. The zero-order chi connectivity index (χ0) is 17.3. The van der Waals surface area contributed by atoms with E-state index in [0.29, 0.717) is 24.6 Å². The predicted molar refractivity (Wildman–Crippen MR) is 85.6 cm³/mol. The fraction of sp³-hybridized carbons (Fsp3) is 0.375. The standard InChI is InChI=1S/C16H17N7O2/c24-14(25)10-23-13(6-9-22-11-17-20-21-22)18-15(19-23)16(7-8-16)12-4-2-1-3-5-12/h1-5,11H,6-10H2,(H,24,25). The Balaban J connectivity index is 1.64. The molecule has 1 aromatic carbocycles. The number of carboxylic acid groups (broad SMARTS) is 1. The minimum Gasteiger partial charge on any atom is -0.480 e. The number of carbonyl (C=O) groups is 1. The second kappa shape index (κ2) is 6.08. The fourth-order valence-electron chi connectivity index (χ4n) is 3.04. The molecule has 2 aromatic heterocycles. The van der Waals surface area contributed by atoms with Crippen molar-refractivity contribution < 1.29 is 9.90 Å². The second-order valence-corrected chi connectivity index (χ2v) is 6.17. The van der Waals surface area contributed by atoms with Crippen LogP contribution in [0.4, 0.5) is 0 Å². The minimum atomic E-state index is -0.940. The van der Waals surface area contributed by atoms with Crippen molar-refractivity contribution in [2.45, 2.75) is 37.8 Å². The van der Waals surface area contributed by atoms with Gasteiger partial charge >= 0.3 is 5.97 Å². The van der Waals surface area contributed by atoms with E-state index >= 15 is 0 Å². The smallest absolute Gasteiger partial charge is 0.325 e. The van der Waals surface area contributed by atoms with Gasteiger partial charge in [-0.2, -0.15) is 5.10 Å². The lowest BCUT2D eigenvalue weighted by Crippen LogP contribution is -2.16. The molecular formula is C16H17N7O2. The average molecular weight is 339 g/mol. The molecule has 9 nitrogen and oxygen atoms in total. The van der Waals surface area contributed by atoms with Crippen LogP contribution in [-0.4, -0.2) is 46.0 Å². The Hall–Kier alpha value is -3.10. The van der Waals surface area contributed by atoms with Crippen LogP contribution in [0, 0.1) is 0 Å². The highest BCUT2D eigenvalue weighted by atomic mass is 16.4. The van der Waals surface area contributed by atoms with Gasteiger partial charge in [-0.15, -0.1) is 5.10 Å². The third-order valence-corrected chi connectivity index (χ3v) is 4.49. The summed E-state index contributed by atoms with van der Waals surface area (Å²) < 4.78 is 3.06. The third kappa shape index (κ3) is 3.00. The van der Waals surface area contributed by atoms with E-state index in [1.54, 1.807) is 4.68 Å². The summed E-state index contributed by atoms with van der Waals surface area (Å²) in [6.07, 6.45) is 3.97. The van der Waals surface area contributed by atoms with Crippen LogP contribution in [0.15, 0.2) is 36.7 Å². The summed E-state index contributed by atoms with van der Waals surface area (Å²) in [6, 6.07) is 10.1. The molecule has 1 aliphatic rings. The summed E-state index contributed by atoms with van der Waals surface area (Å²) >= 11 is 0. The Kier molecular flexibility index (Phi) is 3.75. The number of tetrazole rings is 1. The largest absolute Gasteiger partial charge is 0.480 e. The zero-order valence-electron chi connectivity index (χ0n) is 13.5. The van der Waals surface area contributed by atoms with Gasteiger partial charge in [0.2, 0.25) is 0 Å². The summed E-state index contributed by atoms with van der Waals surface area (Å²) in [5, 5.41) is 24.7. The van der Waals surface area contributed by atoms with Crippen molar-refractivity contribution in [2.75, 3.05) is 0 Å². The first-order valence-electron chi connectivity index (χ1n) is 8.10. The van der Waals surface area contributed by atoms with Crippen LogP contribution in [0.1, 0.15) is 30.1 Å². The molecule has 9 heteroatoms. The van der Waals surface area contributed by atoms with Gasteiger partial charge in [0.1, 0.15) is 18.7 Å². The molecule has 2 heterocycles. The lowest BCUT2D eigenvalue weighted by atomic mass is 9.95. The molecule has 0 radical (unpaired) electrons. The van der Waals surface area contributed by atoms with E-state index in [-0.39, 0.29) is 12.0 Å². The number of aliphatic carboxylic acids is 1. The number of hydrogen-bond donors (Lipinski definition) is 1. The molecule has 0 bridgehead atoms. The first kappa shape index (κ1) is 15.4. The second-order valence-electron chi connectivity index (χ2n) is 6.17. The molecule has 1 N–H and O–H groups in total. The van der Waals surface area contributed by atoms with Gasteiger partial charge in [0.05, 0.1) is 12.0 Å². The highest BCUT2D eigenvalue weighted by Gasteiger charge is 2.49. The first-order valence-corrected chi connectivity index (χ1v) is 8.10. The molecule has 0 spiro atoms. The lowest BCUT2D eigenvalue weighted by Gasteiger charge is -2.11. The van der Waals surface area contributed by atoms with Gasteiger partial charge < -0.3 is 5.11 Å². The van der Waals surface area contributed by atoms with Gasteiger partial charge in [-0.3, -0.25) is 4.79 Å². The molecule has 0 aliphatic heterocycles. The van der Waals surface area contributed by atoms with Crippen LogP contribution in [0.3, 0.4) is 0 Å². The summed E-state index contributed by atoms with van der Waals surface area (Å²) in [5.74, 6) is 0.395. The van der Waals surface area contributed by atoms with Crippen LogP contribution in [0.25, 0.3) is 0 Å². The van der Waals surface area contributed by atoms with Crippen molar-refractivity contribution in [3.8, 4) is 0 Å². The van der Waals surface area contributed by atoms with Crippen molar-refractivity contribution in [3.63, 3.8) is 0 Å². The summed E-state index contributed by atoms with van der Waals surface area (Å²) in [6.45, 7) is 0.311. The van der Waals surface area contributed by atoms with E-state index in [1.165, 1.54) is 16.6 Å². The summed E-state index contributed by atoms with van der Waals surface area (Å²) in [5.41, 5.74) is 0.990. The zero-order valence-corrected chi connectivity index (χ0v) is 13.5. The van der Waals surface area contributed by atoms with E-state index in [0.717, 1.165) is 12.8 Å². The molecule has 1 aliphatic carbocycles. The van der Waals surface area contributed by atoms with Gasteiger partial charge in [0, 0.05) is 6.42 Å². The van der Waals surface area contributed by atoms with Gasteiger partial charge in [-0.05, 0) is 28.8 Å². The topological polar surface area (TPSA) is 112 Å². The molecule has 3 aromatic rings. The van der Waals surface area contributed by atoms with E-state index in [1.807, 2.05) is 18.2 Å². The highest BCUT2D eigenvalue weighted by molar-refractivity contribution is 5.66. The lowest BCUT2D eigenvalue weighted by molar-refractivity contribution is -0.137. The molecule has 0 amide bonds. The maximum atomic E-state index is 11.2. The number of rotatable bonds is 7. The number of carboxylic acids is 1. The van der Waals surface area contributed by atoms with Crippen molar-refractivity contribution in [1.29, 1.82) is 0 Å². The molecule has 0 atom stereocenters. The van der Waals surface area contributed by atoms with Crippen molar-refractivity contribution in [3.05, 3.63) is 53.9 Å². The molecule has 128 valence electrons. The average Bonchev–Trinajstić information content (AvgIpc) is 3.07. The first-order chi connectivity index (χ1) is 12.2. The Morgan fingerprint density at radius 2 is 2.04 bits per heavy atom. The fourth-order valence-corrected chi connectivity index (χ4v) is 3.04. The van der Waals surface area contributed by atoms with Crippen LogP contribution in [-0.2, 0) is 29.7 Å². The number of aryl methyl sites for hydroxylation is 2. The van der Waals surface area contributed by atoms with Crippen LogP contribution in [0.5, 0.6) is 0 Å². The Bertz CT molecular complexity index is 869. The van der Waals surface area contributed by atoms with E-state index in [9.17, 15) is 4.79 Å². The summed E-state index contributed by atoms with van der Waals surface area (Å²) in [7, 11) is 0. The number of benzene rings is 1. The quantitative estimate of drug-likeness (QED) is 0.673. The van der Waals surface area contributed by atoms with Gasteiger partial charge in [-0.25, -0.2) is 14.3 Å². The van der Waals surface area contributed by atoms with Crippen LogP contribution < -0.4 is 0 Å². The SMILES string of the molecule is O=C(O)Cn1nc(C2(c3ccccc3)CC2)nc1CCn1cnnn1. The maximum absolute atomic E-state index is 11.2. The number of nitrogens with zero attached hydrogens (tertiary/aromatic N) is 7. The molecule has 0 saturated heterocycles. The van der Waals surface area contributed by atoms with Gasteiger partial charge in [-0.1, -0.05) is 30.3 Å². The Morgan fingerprint density at radius 1 is 1.24 bits per heavy atom. The van der Waals surface area contributed by atoms with E-state index in [4.69, 9.17) is 5.11 Å². The van der Waals surface area contributed by atoms with Crippen molar-refractivity contribution in [1.82, 2.24) is 35.0 Å². The number of hydrogen-bond acceptors (Lipinski definition) is 6. The van der Waals surface area contributed by atoms with Gasteiger partial charge in [0.25, 0.3) is 0 Å². The normalized spacial score (nSPS) is 15.2. The minimum absolute atomic E-state index is 0.186. The molecule has 1 saturated carbocycles. The van der Waals surface area contributed by atoms with E-state index < -0.39 is 5.97 Å².